The Balaban J connectivity index is 0.000000266. The SMILES string of the molecule is C#CCOCCOCCOCCOC[C@@]12CO[C@@H](O1)[C@H](NC(C)=O)[C@@H](O)[C@H]2O.CC(=O)C[C@H]1[C@H]2OC[C@](COC(C)=O)(O2)[C@H](OC(C)=O)[C@@H]1OC(C)=O.CC(=O)N[C@H]1[C@H]2OC[C@](COCCOCCOCCOCCN)(O2)[C@H](O)[C@@H]1O.CC(=O)N[C@H]1[C@H]2OC[C@](COCCOCCOCCOCCN=[N+]=[N-])(O2)[C@H](O)[C@@H]1O.CO[C@@H]1OC(CO)(CO)[C@H](O)[C@H](O)[C@H]1N=[N+]=[N-].[N-]=[N+]=N[C@@H]1[C@@H](O)[C@@H](O)[C@]2(CO)CC[C@H]1O2. The molecule has 11 aliphatic heterocycles. The number of Topliss-reactive ketones (excluding diaryl/α,β-unsaturated/α-hetero) is 1. The van der Waals surface area contributed by atoms with Gasteiger partial charge in [0.15, 0.2) is 43.2 Å². The van der Waals surface area contributed by atoms with Gasteiger partial charge < -0.3 is 216 Å². The molecular formula is C84H141N13O46. The molecule has 59 nitrogen and oxygen atoms in total. The number of aliphatic hydroxyl groups excluding tert-OH is 13. The number of hydrogen-bond acceptors (Lipinski definition) is 50. The van der Waals surface area contributed by atoms with Gasteiger partial charge in [-0.15, -0.1) is 6.42 Å². The molecule has 29 atom stereocenters. The first kappa shape index (κ1) is 124. The number of carbonyl (C=O) groups excluding carboxylic acids is 7. The summed E-state index contributed by atoms with van der Waals surface area (Å²) >= 11 is 0. The number of azide groups is 3. The predicted molar refractivity (Wildman–Crippen MR) is 474 cm³/mol. The van der Waals surface area contributed by atoms with E-state index < -0.39 is 212 Å². The van der Waals surface area contributed by atoms with Crippen LogP contribution >= 0.6 is 0 Å². The molecule has 11 rings (SSSR count). The number of ketones is 1. The average Bonchev–Trinajstić information content (AvgIpc) is 1.59. The fourth-order valence-corrected chi connectivity index (χ4v) is 16.5. The second kappa shape index (κ2) is 63.4. The molecule has 0 aromatic heterocycles. The largest absolute Gasteiger partial charge is 0.463 e. The number of rotatable bonds is 54. The zero-order valence-electron chi connectivity index (χ0n) is 81.0. The van der Waals surface area contributed by atoms with Crippen LogP contribution in [-0.4, -0.2) is 514 Å². The molecule has 11 aliphatic rings. The van der Waals surface area contributed by atoms with Crippen LogP contribution in [0.3, 0.4) is 0 Å². The summed E-state index contributed by atoms with van der Waals surface area (Å²) in [6, 6.07) is -4.43. The first-order chi connectivity index (χ1) is 68.3. The van der Waals surface area contributed by atoms with Gasteiger partial charge in [0.25, 0.3) is 0 Å². The smallest absolute Gasteiger partial charge is 0.303 e. The van der Waals surface area contributed by atoms with Crippen LogP contribution < -0.4 is 21.7 Å². The van der Waals surface area contributed by atoms with Crippen LogP contribution in [0.2, 0.25) is 0 Å². The molecule has 143 heavy (non-hydrogen) atoms. The molecule has 18 N–H and O–H groups in total. The van der Waals surface area contributed by atoms with Gasteiger partial charge >= 0.3 is 17.9 Å². The first-order valence-corrected chi connectivity index (χ1v) is 46.0. The van der Waals surface area contributed by atoms with Crippen LogP contribution in [0.5, 0.6) is 0 Å². The highest BCUT2D eigenvalue weighted by Gasteiger charge is 2.66. The van der Waals surface area contributed by atoms with Crippen LogP contribution in [0.1, 0.15) is 67.7 Å². The van der Waals surface area contributed by atoms with E-state index in [1.165, 1.54) is 55.6 Å². The Morgan fingerprint density at radius 1 is 0.427 bits per heavy atom. The van der Waals surface area contributed by atoms with Crippen molar-refractivity contribution in [2.24, 2.45) is 27.0 Å². The maximum Gasteiger partial charge on any atom is 0.303 e. The van der Waals surface area contributed by atoms with Crippen molar-refractivity contribution < 1.29 is 223 Å². The highest BCUT2D eigenvalue weighted by molar-refractivity contribution is 5.76. The zero-order valence-corrected chi connectivity index (χ0v) is 81.0. The van der Waals surface area contributed by atoms with Crippen molar-refractivity contribution in [1.29, 1.82) is 0 Å². The third-order valence-electron chi connectivity index (χ3n) is 23.6. The maximum atomic E-state index is 11.6. The van der Waals surface area contributed by atoms with E-state index in [-0.39, 0.29) is 116 Å². The second-order valence-electron chi connectivity index (χ2n) is 34.2. The Bertz CT molecular complexity index is 4020. The second-order valence-corrected chi connectivity index (χ2v) is 34.2. The molecule has 0 aromatic rings. The van der Waals surface area contributed by atoms with Gasteiger partial charge in [0.1, 0.15) is 126 Å². The number of fused-ring (bicyclic) bond motifs is 10. The van der Waals surface area contributed by atoms with Crippen molar-refractivity contribution in [3.63, 3.8) is 0 Å². The average molecular weight is 2070 g/mol. The number of aliphatic hydroxyl groups is 13. The minimum atomic E-state index is -1.75. The van der Waals surface area contributed by atoms with Crippen LogP contribution in [0, 0.1) is 18.3 Å². The summed E-state index contributed by atoms with van der Waals surface area (Å²) in [5.74, 6) is -1.24. The molecule has 59 heteroatoms. The van der Waals surface area contributed by atoms with Gasteiger partial charge in [0, 0.05) is 82.9 Å². The molecule has 0 radical (unpaired) electrons. The van der Waals surface area contributed by atoms with E-state index in [4.69, 9.17) is 162 Å². The predicted octanol–water partition coefficient (Wildman–Crippen LogP) is -8.33. The van der Waals surface area contributed by atoms with Crippen molar-refractivity contribution in [2.75, 3.05) is 232 Å². The lowest BCUT2D eigenvalue weighted by molar-refractivity contribution is -0.311. The highest BCUT2D eigenvalue weighted by Crippen LogP contribution is 2.47. The van der Waals surface area contributed by atoms with E-state index in [2.05, 4.69) is 51.9 Å². The number of esters is 3. The van der Waals surface area contributed by atoms with Gasteiger partial charge in [-0.05, 0) is 36.4 Å². The molecule has 11 fully saturated rings. The topological polar surface area (TPSA) is 831 Å². The number of nitrogens with one attached hydrogen (secondary N) is 3. The van der Waals surface area contributed by atoms with Crippen LogP contribution in [0.15, 0.2) is 15.3 Å². The molecule has 0 unspecified atom stereocenters. The number of ether oxygens (including phenoxy) is 26. The Kier molecular flexibility index (Phi) is 55.0. The van der Waals surface area contributed by atoms with Crippen molar-refractivity contribution in [3.05, 3.63) is 31.3 Å². The maximum absolute atomic E-state index is 11.6. The number of carbonyl (C=O) groups is 7. The van der Waals surface area contributed by atoms with Gasteiger partial charge in [0.05, 0.1) is 228 Å². The summed E-state index contributed by atoms with van der Waals surface area (Å²) in [5, 5.41) is 146. The molecule has 11 heterocycles. The van der Waals surface area contributed by atoms with Crippen molar-refractivity contribution in [3.8, 4) is 12.3 Å². The molecule has 10 bridgehead atoms. The third kappa shape index (κ3) is 36.5. The first-order valence-electron chi connectivity index (χ1n) is 46.0. The van der Waals surface area contributed by atoms with Crippen LogP contribution in [0.25, 0.3) is 31.3 Å². The highest BCUT2D eigenvalue weighted by atomic mass is 16.8. The number of terminal acetylenes is 1. The monoisotopic (exact) mass is 2070 g/mol. The number of hydrogen-bond donors (Lipinski definition) is 17. The number of methoxy groups -OCH3 is 1. The Labute approximate surface area is 822 Å². The van der Waals surface area contributed by atoms with Gasteiger partial charge in [-0.2, -0.15) is 0 Å². The Morgan fingerprint density at radius 3 is 1.16 bits per heavy atom. The van der Waals surface area contributed by atoms with Gasteiger partial charge in [-0.1, -0.05) is 21.3 Å². The molecule has 818 valence electrons. The number of nitrogens with zero attached hydrogens (tertiary/aromatic N) is 9. The van der Waals surface area contributed by atoms with Gasteiger partial charge in [0.2, 0.25) is 17.7 Å². The summed E-state index contributed by atoms with van der Waals surface area (Å²) in [6.45, 7) is 16.1. The van der Waals surface area contributed by atoms with E-state index in [1.54, 1.807) is 0 Å². The summed E-state index contributed by atoms with van der Waals surface area (Å²) < 4.78 is 140. The standard InChI is InChI=1S/C18H29NO9.C17H30N4O9.C17H32N2O9.C16H22O9.C8H15N3O6.C8H13N3O4/c1-3-4-23-5-6-24-7-8-25-9-10-26-11-18-12-27-17(28-18)14(19-13(2)20)15(21)16(18)22;1-12(22)20-13-14(23)15(24)17(11-29-16(13)30-17)10-28-9-8-27-7-6-26-5-4-25-3-2-19-21-18;1-12(20)19-13-14(21)15(22)17(11-27-16(13)28-17)10-26-9-8-25-7-6-24-5-4-23-3-2-18;1-8(17)5-12-13(23-10(3)19)14(24-11(4)20)16(6-21-9(2)18)7-22-15(12)25-16;1-16-7-4(10-11-9)5(14)6(15)8(2-12,3-13)17-7;9-11-10-5-4-1-2-8(3-12,15-4)7(14)6(5)13/h1,14-17,21-22H,4-12H2,2H3,(H,19,20);13-16,23-24H,2-11H2,1H3,(H,20,22);13-16,21-22H,2-11,18H2,1H3,(H,19,20);12-15H,5-7H2,1-4H3;4-7,12-15H,2-3H2,1H3;4-7,12-14H,1-3H2/t14-,15-,16-,17+,18+;2*13-,14-,15-,16+,17+;12-,13-,14-,15+,16+;4-,5-,6-,7-;4-,5+,6-,7-,8-/m111111/s1. The van der Waals surface area contributed by atoms with E-state index in [9.17, 15) is 89.7 Å². The lowest BCUT2D eigenvalue weighted by atomic mass is 9.82. The normalized spacial score (nSPS) is 34.0. The minimum absolute atomic E-state index is 0.0154. The summed E-state index contributed by atoms with van der Waals surface area (Å²) in [7, 11) is 1.24. The van der Waals surface area contributed by atoms with Gasteiger partial charge in [-0.3, -0.25) is 28.8 Å². The summed E-state index contributed by atoms with van der Waals surface area (Å²) in [4.78, 5) is 87.5. The fraction of sp³-hybridized carbons (Fsp3) is 0.893. The molecule has 0 aromatic carbocycles. The third-order valence-corrected chi connectivity index (χ3v) is 23.6. The van der Waals surface area contributed by atoms with Crippen LogP contribution in [0.4, 0.5) is 0 Å². The van der Waals surface area contributed by atoms with E-state index >= 15 is 0 Å². The quantitative estimate of drug-likeness (QED) is 0.00511. The molecule has 11 saturated heterocycles. The van der Waals surface area contributed by atoms with Crippen molar-refractivity contribution in [2.45, 2.75) is 242 Å². The molecule has 0 saturated carbocycles. The number of nitrogens with two attached hydrogens (primary N) is 1. The lowest BCUT2D eigenvalue weighted by Crippen LogP contribution is -2.67. The minimum Gasteiger partial charge on any atom is -0.463 e. The zero-order chi connectivity index (χ0) is 106. The molecular weight excluding hydrogens is 1930 g/mol. The molecule has 3 amide bonds. The van der Waals surface area contributed by atoms with E-state index in [0.29, 0.717) is 138 Å². The van der Waals surface area contributed by atoms with Crippen LogP contribution in [-0.2, 0) is 157 Å². The lowest BCUT2D eigenvalue weighted by Gasteiger charge is -2.46. The van der Waals surface area contributed by atoms with Crippen molar-refractivity contribution in [1.82, 2.24) is 16.0 Å². The molecule has 0 aliphatic carbocycles. The Morgan fingerprint density at radius 2 is 0.797 bits per heavy atom. The van der Waals surface area contributed by atoms with E-state index in [1.807, 2.05) is 0 Å². The number of amides is 3. The summed E-state index contributed by atoms with van der Waals surface area (Å²) in [6.07, 6.45) is -13.8. The molecule has 0 spiro atoms. The Hall–Kier alpha value is -7.50. The fourth-order valence-electron chi connectivity index (χ4n) is 16.5. The van der Waals surface area contributed by atoms with E-state index in [0.717, 1.165) is 0 Å². The summed E-state index contributed by atoms with van der Waals surface area (Å²) in [5.41, 5.74) is 22.4. The van der Waals surface area contributed by atoms with Gasteiger partial charge in [-0.25, -0.2) is 0 Å². The van der Waals surface area contributed by atoms with Crippen molar-refractivity contribution >= 4 is 41.4 Å².